The van der Waals surface area contributed by atoms with Gasteiger partial charge in [-0.3, -0.25) is 9.52 Å². The summed E-state index contributed by atoms with van der Waals surface area (Å²) in [6.45, 7) is 3.95. The second-order valence-corrected chi connectivity index (χ2v) is 7.04. The number of sulfonamides is 1. The lowest BCUT2D eigenvalue weighted by atomic mass is 10.1. The first-order chi connectivity index (χ1) is 9.28. The van der Waals surface area contributed by atoms with Gasteiger partial charge in [0.1, 0.15) is 0 Å². The molecule has 0 fully saturated rings. The molecule has 2 N–H and O–H groups in total. The third kappa shape index (κ3) is 6.56. The number of carboxylic acids is 1. The number of carbonyl (C=O) groups is 1. The maximum absolute atomic E-state index is 11.9. The minimum Gasteiger partial charge on any atom is -0.481 e. The van der Waals surface area contributed by atoms with E-state index in [-0.39, 0.29) is 12.2 Å². The summed E-state index contributed by atoms with van der Waals surface area (Å²) in [5, 5.41) is 8.64. The van der Waals surface area contributed by atoms with Gasteiger partial charge in [-0.05, 0) is 36.5 Å². The minimum atomic E-state index is -3.34. The molecule has 0 heterocycles. The summed E-state index contributed by atoms with van der Waals surface area (Å²) < 4.78 is 26.3. The van der Waals surface area contributed by atoms with E-state index in [1.54, 1.807) is 24.3 Å². The number of nitrogens with one attached hydrogen (secondary N) is 1. The van der Waals surface area contributed by atoms with Crippen LogP contribution in [0.3, 0.4) is 0 Å². The Morgan fingerprint density at radius 3 is 2.65 bits per heavy atom. The first-order valence-corrected chi connectivity index (χ1v) is 8.25. The molecule has 0 aliphatic carbocycles. The molecule has 0 aromatic heterocycles. The van der Waals surface area contributed by atoms with E-state index in [1.807, 2.05) is 13.8 Å². The SMILES string of the molecule is CC(C)CCS(=O)(=O)Nc1cccc(CCC(=O)O)c1. The number of carboxylic acid groups (broad SMARTS) is 1. The van der Waals surface area contributed by atoms with Gasteiger partial charge in [0.05, 0.1) is 5.75 Å². The van der Waals surface area contributed by atoms with Crippen molar-refractivity contribution in [2.45, 2.75) is 33.1 Å². The van der Waals surface area contributed by atoms with Crippen molar-refractivity contribution in [3.63, 3.8) is 0 Å². The van der Waals surface area contributed by atoms with E-state index in [1.165, 1.54) is 0 Å². The maximum Gasteiger partial charge on any atom is 0.303 e. The zero-order valence-electron chi connectivity index (χ0n) is 11.8. The molecule has 0 saturated heterocycles. The van der Waals surface area contributed by atoms with Gasteiger partial charge >= 0.3 is 5.97 Å². The molecule has 1 aromatic carbocycles. The lowest BCUT2D eigenvalue weighted by Gasteiger charge is -2.10. The largest absolute Gasteiger partial charge is 0.481 e. The molecule has 0 saturated carbocycles. The summed E-state index contributed by atoms with van der Waals surface area (Å²) in [5.41, 5.74) is 1.29. The Labute approximate surface area is 120 Å². The molecule has 1 aromatic rings. The topological polar surface area (TPSA) is 83.5 Å². The summed E-state index contributed by atoms with van der Waals surface area (Å²) in [5.74, 6) is -0.453. The highest BCUT2D eigenvalue weighted by atomic mass is 32.2. The van der Waals surface area contributed by atoms with Crippen molar-refractivity contribution >= 4 is 21.7 Å². The van der Waals surface area contributed by atoms with Crippen LogP contribution in [0.5, 0.6) is 0 Å². The number of anilines is 1. The smallest absolute Gasteiger partial charge is 0.303 e. The Morgan fingerprint density at radius 2 is 2.05 bits per heavy atom. The normalized spacial score (nSPS) is 11.6. The minimum absolute atomic E-state index is 0.0313. The molecule has 5 nitrogen and oxygen atoms in total. The van der Waals surface area contributed by atoms with Gasteiger partial charge in [0.25, 0.3) is 0 Å². The predicted molar refractivity (Wildman–Crippen MR) is 79.3 cm³/mol. The Kier molecular flexibility index (Phi) is 6.01. The number of rotatable bonds is 8. The molecule has 20 heavy (non-hydrogen) atoms. The van der Waals surface area contributed by atoms with Crippen LogP contribution in [0.4, 0.5) is 5.69 Å². The van der Waals surface area contributed by atoms with Crippen molar-refractivity contribution < 1.29 is 18.3 Å². The number of benzene rings is 1. The Morgan fingerprint density at radius 1 is 1.35 bits per heavy atom. The third-order valence-corrected chi connectivity index (χ3v) is 4.11. The van der Waals surface area contributed by atoms with Gasteiger partial charge in [-0.1, -0.05) is 26.0 Å². The predicted octanol–water partition coefficient (Wildman–Crippen LogP) is 2.49. The van der Waals surface area contributed by atoms with Gasteiger partial charge in [-0.15, -0.1) is 0 Å². The van der Waals surface area contributed by atoms with Crippen LogP contribution in [0.25, 0.3) is 0 Å². The van der Waals surface area contributed by atoms with Crippen molar-refractivity contribution in [2.75, 3.05) is 10.5 Å². The quantitative estimate of drug-likeness (QED) is 0.772. The van der Waals surface area contributed by atoms with Crippen LogP contribution in [0.2, 0.25) is 0 Å². The van der Waals surface area contributed by atoms with Crippen molar-refractivity contribution in [3.05, 3.63) is 29.8 Å². The molecule has 0 aliphatic rings. The second-order valence-electron chi connectivity index (χ2n) is 5.20. The Balaban J connectivity index is 2.67. The standard InChI is InChI=1S/C14H21NO4S/c1-11(2)8-9-20(18,19)15-13-5-3-4-12(10-13)6-7-14(16)17/h3-5,10-11,15H,6-9H2,1-2H3,(H,16,17). The van der Waals surface area contributed by atoms with Crippen molar-refractivity contribution in [1.29, 1.82) is 0 Å². The van der Waals surface area contributed by atoms with Crippen molar-refractivity contribution in [1.82, 2.24) is 0 Å². The number of hydrogen-bond acceptors (Lipinski definition) is 3. The number of aryl methyl sites for hydroxylation is 1. The fourth-order valence-corrected chi connectivity index (χ4v) is 3.03. The van der Waals surface area contributed by atoms with E-state index in [4.69, 9.17) is 5.11 Å². The second kappa shape index (κ2) is 7.28. The lowest BCUT2D eigenvalue weighted by Crippen LogP contribution is -2.18. The van der Waals surface area contributed by atoms with Crippen molar-refractivity contribution in [2.24, 2.45) is 5.92 Å². The van der Waals surface area contributed by atoms with Gasteiger partial charge in [0.2, 0.25) is 10.0 Å². The van der Waals surface area contributed by atoms with E-state index in [2.05, 4.69) is 4.72 Å². The van der Waals surface area contributed by atoms with Crippen LogP contribution < -0.4 is 4.72 Å². The fourth-order valence-electron chi connectivity index (χ4n) is 1.66. The average molecular weight is 299 g/mol. The lowest BCUT2D eigenvalue weighted by molar-refractivity contribution is -0.136. The fraction of sp³-hybridized carbons (Fsp3) is 0.500. The molecule has 6 heteroatoms. The van der Waals surface area contributed by atoms with Gasteiger partial charge in [0, 0.05) is 12.1 Å². The maximum atomic E-state index is 11.9. The number of aliphatic carboxylic acids is 1. The summed E-state index contributed by atoms with van der Waals surface area (Å²) in [7, 11) is -3.34. The van der Waals surface area contributed by atoms with E-state index in [0.29, 0.717) is 24.4 Å². The highest BCUT2D eigenvalue weighted by Crippen LogP contribution is 2.15. The zero-order chi connectivity index (χ0) is 15.2. The van der Waals surface area contributed by atoms with E-state index >= 15 is 0 Å². The molecule has 0 amide bonds. The van der Waals surface area contributed by atoms with Crippen LogP contribution in [0, 0.1) is 5.92 Å². The van der Waals surface area contributed by atoms with Crippen LogP contribution in [-0.4, -0.2) is 25.2 Å². The third-order valence-electron chi connectivity index (χ3n) is 2.79. The van der Waals surface area contributed by atoms with Crippen LogP contribution in [0.1, 0.15) is 32.3 Å². The molecular weight excluding hydrogens is 278 g/mol. The highest BCUT2D eigenvalue weighted by Gasteiger charge is 2.11. The van der Waals surface area contributed by atoms with Gasteiger partial charge in [-0.2, -0.15) is 0 Å². The molecule has 0 bridgehead atoms. The average Bonchev–Trinajstić information content (AvgIpc) is 2.34. The zero-order valence-corrected chi connectivity index (χ0v) is 12.6. The van der Waals surface area contributed by atoms with Crippen LogP contribution in [0.15, 0.2) is 24.3 Å². The summed E-state index contributed by atoms with van der Waals surface area (Å²) >= 11 is 0. The molecule has 112 valence electrons. The van der Waals surface area contributed by atoms with E-state index < -0.39 is 16.0 Å². The summed E-state index contributed by atoms with van der Waals surface area (Å²) in [6.07, 6.45) is 1.02. The van der Waals surface area contributed by atoms with Crippen molar-refractivity contribution in [3.8, 4) is 0 Å². The molecule has 1 rings (SSSR count). The first kappa shape index (κ1) is 16.5. The monoisotopic (exact) mass is 299 g/mol. The molecule has 0 aliphatic heterocycles. The molecule has 0 spiro atoms. The van der Waals surface area contributed by atoms with Gasteiger partial charge < -0.3 is 5.11 Å². The summed E-state index contributed by atoms with van der Waals surface area (Å²) in [6, 6.07) is 6.85. The Hall–Kier alpha value is -1.56. The molecule has 0 atom stereocenters. The first-order valence-electron chi connectivity index (χ1n) is 6.60. The van der Waals surface area contributed by atoms with E-state index in [0.717, 1.165) is 5.56 Å². The van der Waals surface area contributed by atoms with Crippen LogP contribution in [-0.2, 0) is 21.2 Å². The van der Waals surface area contributed by atoms with Crippen LogP contribution >= 0.6 is 0 Å². The molecule has 0 unspecified atom stereocenters. The Bertz CT molecular complexity index is 552. The molecular formula is C14H21NO4S. The molecule has 0 radical (unpaired) electrons. The summed E-state index contributed by atoms with van der Waals surface area (Å²) in [4.78, 5) is 10.5. The highest BCUT2D eigenvalue weighted by molar-refractivity contribution is 7.92. The van der Waals surface area contributed by atoms with E-state index in [9.17, 15) is 13.2 Å². The number of hydrogen-bond donors (Lipinski definition) is 2. The van der Waals surface area contributed by atoms with Gasteiger partial charge in [0.15, 0.2) is 0 Å². The van der Waals surface area contributed by atoms with Gasteiger partial charge in [-0.25, -0.2) is 8.42 Å².